The maximum atomic E-state index is 15.2. The van der Waals surface area contributed by atoms with Crippen LogP contribution in [-0.2, 0) is 64.7 Å². The van der Waals surface area contributed by atoms with Crippen molar-refractivity contribution in [2.24, 2.45) is 50.3 Å². The summed E-state index contributed by atoms with van der Waals surface area (Å²) >= 11 is 2.67. The Hall–Kier alpha value is -7.18. The zero-order valence-corrected chi connectivity index (χ0v) is 57.5. The number of rotatable bonds is 36. The number of aliphatic hydroxyl groups is 6. The van der Waals surface area contributed by atoms with Gasteiger partial charge in [0.15, 0.2) is 24.6 Å². The number of imidazole rings is 1. The Balaban J connectivity index is 0.0000106. The second-order valence-corrected chi connectivity index (χ2v) is 25.0. The maximum Gasteiger partial charge on any atom is 2.00 e. The molecule has 3 aromatic rings. The summed E-state index contributed by atoms with van der Waals surface area (Å²) in [5.74, 6) is -8.50. The number of aliphatic hydroxyl groups excluding tert-OH is 6. The van der Waals surface area contributed by atoms with Gasteiger partial charge in [0.05, 0.1) is 72.2 Å². The number of aromatic amines is 1. The minimum Gasteiger partial charge on any atom is -0.853 e. The van der Waals surface area contributed by atoms with Gasteiger partial charge in [-0.3, -0.25) is 43.5 Å². The summed E-state index contributed by atoms with van der Waals surface area (Å²) in [5, 5.41) is 111. The van der Waals surface area contributed by atoms with Gasteiger partial charge in [-0.1, -0.05) is 20.0 Å². The number of thiazole rings is 1. The number of hydrogen-bond acceptors (Lipinski definition) is 32. The van der Waals surface area contributed by atoms with Crippen LogP contribution in [0.3, 0.4) is 0 Å². The number of anilines is 1. The van der Waals surface area contributed by atoms with Crippen LogP contribution < -0.4 is 82.2 Å². The van der Waals surface area contributed by atoms with E-state index in [-0.39, 0.29) is 95.5 Å². The summed E-state index contributed by atoms with van der Waals surface area (Å²) in [5.41, 5.74) is 38.1. The number of primary amides is 3. The first-order valence-corrected chi connectivity index (χ1v) is 32.4. The first kappa shape index (κ1) is 85.2. The molecule has 0 saturated carbocycles. The molecule has 100 heavy (non-hydrogen) atoms. The number of carbonyl (C=O) groups is 8. The number of nitrogen functional groups attached to an aromatic ring is 1. The number of aliphatic imine (C=N–C) groups is 2. The molecular weight excluding hydrogens is 1440 g/mol. The van der Waals surface area contributed by atoms with Crippen molar-refractivity contribution >= 4 is 99.8 Å². The van der Waals surface area contributed by atoms with E-state index >= 15 is 4.79 Å². The van der Waals surface area contributed by atoms with E-state index in [1.54, 1.807) is 5.38 Å². The van der Waals surface area contributed by atoms with Crippen molar-refractivity contribution in [2.45, 2.75) is 169 Å². The fraction of sp³-hybridized carbons (Fsp3) is 0.636. The summed E-state index contributed by atoms with van der Waals surface area (Å²) in [6, 6.07) is -8.42. The van der Waals surface area contributed by atoms with E-state index in [0.29, 0.717) is 41.7 Å². The third-order valence-corrected chi connectivity index (χ3v) is 17.7. The number of ether oxygens (including phenoxy) is 5. The van der Waals surface area contributed by atoms with Crippen molar-refractivity contribution in [1.82, 2.24) is 56.8 Å². The summed E-state index contributed by atoms with van der Waals surface area (Å²) < 4.78 is 28.6. The molecule has 8 amide bonds. The molecule has 20 atom stereocenters. The van der Waals surface area contributed by atoms with Crippen molar-refractivity contribution in [1.29, 1.82) is 0 Å². The zero-order valence-electron chi connectivity index (χ0n) is 54.1. The quantitative estimate of drug-likeness (QED) is 0.0111. The molecule has 45 heteroatoms. The van der Waals surface area contributed by atoms with Gasteiger partial charge in [-0.15, -0.1) is 42.1 Å². The van der Waals surface area contributed by atoms with Crippen LogP contribution in [0, 0.1) is 12.8 Å². The maximum absolute atomic E-state index is 15.2. The number of nitrogens with one attached hydrogen (secondary N) is 7. The SMILES string of the molecule is Cc1c(N)nc(C(CC(N)=O)NCC(N)C(N)=O)nc1C(=O)NC(C(=O)NC(C)C(O)C(C)C(=O)NC(C(=O)NCCC1=NC(c2nc(C(=O)NCCCCN=C(N)N)cs2)CS1)C(C)[O-])C(O[C@@H]1O[C@@H](C[O-])[C@@H](O)[C@H](O)[C@@H]1O[C@H]1O[C@H](CO)[C@@H](O)[C@H](OC(N)=O)[C@@H]1O)c1cnc[nH]1.Cl.[Cu+2]. The van der Waals surface area contributed by atoms with Gasteiger partial charge < -0.3 is 142 Å². The van der Waals surface area contributed by atoms with E-state index in [2.05, 4.69) is 61.8 Å². The minimum absolute atomic E-state index is 0. The van der Waals surface area contributed by atoms with E-state index < -0.39 is 183 Å². The molecule has 2 fully saturated rings. The van der Waals surface area contributed by atoms with E-state index in [1.807, 2.05) is 0 Å². The predicted octanol–water partition coefficient (Wildman–Crippen LogP) is -9.85. The molecule has 2 saturated heterocycles. The number of aromatic nitrogens is 5. The normalized spacial score (nSPS) is 24.6. The molecule has 27 N–H and O–H groups in total. The van der Waals surface area contributed by atoms with E-state index in [0.717, 1.165) is 19.4 Å². The number of nitrogens with two attached hydrogens (primary N) is 7. The summed E-state index contributed by atoms with van der Waals surface area (Å²) in [7, 11) is 0. The number of carbonyl (C=O) groups excluding carboxylic acids is 8. The second-order valence-electron chi connectivity index (χ2n) is 23.0. The van der Waals surface area contributed by atoms with Gasteiger partial charge in [-0.05, 0) is 26.7 Å². The Labute approximate surface area is 595 Å². The van der Waals surface area contributed by atoms with Crippen molar-refractivity contribution in [3.8, 4) is 0 Å². The topological polar surface area (TPSA) is 697 Å². The molecule has 6 heterocycles. The molecule has 0 spiro atoms. The van der Waals surface area contributed by atoms with Gasteiger partial charge in [-0.2, -0.15) is 0 Å². The zero-order chi connectivity index (χ0) is 72.4. The first-order chi connectivity index (χ1) is 46.3. The van der Waals surface area contributed by atoms with Crippen molar-refractivity contribution in [3.63, 3.8) is 0 Å². The number of nitrogens with zero attached hydrogens (tertiary/aromatic N) is 6. The number of H-pyrrole nitrogens is 1. The average Bonchev–Trinajstić information content (AvgIpc) is 0.920. The van der Waals surface area contributed by atoms with Gasteiger partial charge in [0.25, 0.3) is 11.8 Å². The monoisotopic (exact) mass is 1520 g/mol. The standard InChI is InChI=1S/C55H84N20O21S2.ClH.Cu/c1-19-32(72-45(75-43(19)58)24(11-30(57)79)67-12-23(56)44(59)85)49(89)74-34(40(25-13-63-18-68-25)94-53-42(38(83)36(81)28(14-76)93-53)95-52-39(84)41(96-55(62)91)37(82)29(15-77)92-52)50(90)69-21(3)35(80)20(2)46(86)73-33(22(4)78)48(88)65-10-7-31-70-27(17-97-31)51-71-26(16-98-51)47(87)64-8-5-6-9-66-54(60)61;;/h13,16,18,20-24,27-29,33-42,52-53,67,77,80-84H,5-12,14-15,17,56H2,1-4H3,(H2,57,79)(H2,59,85)(H2,62,91)(H,63,68)(H,64,87)(H,65,88)(H,69,90)(H,73,86)(H,74,89)(H2,58,72,75)(H4,60,61,66);1H;/q-2;;+2/t20?,21?,22?,23?,24?,27?,28-,29+,33?,34?,35?,36+,37+,38-,39-,40?,41-,42-,52+,53-;;/m0../s1. The Morgan fingerprint density at radius 1 is 0.850 bits per heavy atom. The molecule has 0 aliphatic carbocycles. The number of unbranched alkanes of at least 4 members (excludes halogenated alkanes) is 1. The van der Waals surface area contributed by atoms with Crippen molar-refractivity contribution < 1.29 is 120 Å². The number of amides is 8. The fourth-order valence-corrected chi connectivity index (χ4v) is 12.0. The van der Waals surface area contributed by atoms with Crippen LogP contribution in [0.1, 0.15) is 108 Å². The van der Waals surface area contributed by atoms with E-state index in [1.165, 1.54) is 43.9 Å². The van der Waals surface area contributed by atoms with Gasteiger partial charge in [0, 0.05) is 55.7 Å². The molecule has 3 aromatic heterocycles. The summed E-state index contributed by atoms with van der Waals surface area (Å²) in [6.45, 7) is 2.99. The third-order valence-electron chi connectivity index (χ3n) is 15.6. The fourth-order valence-electron chi connectivity index (χ4n) is 10.1. The minimum atomic E-state index is -2.25. The van der Waals surface area contributed by atoms with Crippen LogP contribution in [0.4, 0.5) is 10.6 Å². The second kappa shape index (κ2) is 39.9. The van der Waals surface area contributed by atoms with Crippen LogP contribution in [0.25, 0.3) is 0 Å². The summed E-state index contributed by atoms with van der Waals surface area (Å²) in [6.07, 6.45) is -24.6. The number of halogens is 1. The Morgan fingerprint density at radius 2 is 1.55 bits per heavy atom. The largest absolute Gasteiger partial charge is 2.00 e. The molecule has 1 radical (unpaired) electrons. The third kappa shape index (κ3) is 23.2. The Morgan fingerprint density at radius 3 is 2.17 bits per heavy atom. The molecule has 6 rings (SSSR count). The molecule has 0 aromatic carbocycles. The van der Waals surface area contributed by atoms with E-state index in [4.69, 9.17) is 68.8 Å². The molecule has 561 valence electrons. The molecule has 10 unspecified atom stereocenters. The van der Waals surface area contributed by atoms with Crippen LogP contribution in [0.15, 0.2) is 27.9 Å². The molecule has 0 bridgehead atoms. The molecule has 41 nitrogen and oxygen atoms in total. The average molecular weight is 1530 g/mol. The van der Waals surface area contributed by atoms with Gasteiger partial charge >= 0.3 is 23.2 Å². The summed E-state index contributed by atoms with van der Waals surface area (Å²) in [4.78, 5) is 135. The van der Waals surface area contributed by atoms with Crippen molar-refractivity contribution in [2.75, 3.05) is 50.9 Å². The van der Waals surface area contributed by atoms with Crippen LogP contribution in [0.2, 0.25) is 0 Å². The van der Waals surface area contributed by atoms with Gasteiger partial charge in [0.2, 0.25) is 29.5 Å². The number of guanidine groups is 1. The Bertz CT molecular complexity index is 3300. The van der Waals surface area contributed by atoms with Gasteiger partial charge in [0.1, 0.15) is 82.8 Å². The molecule has 3 aliphatic rings. The van der Waals surface area contributed by atoms with Crippen LogP contribution in [-0.4, -0.2) is 257 Å². The predicted molar refractivity (Wildman–Crippen MR) is 345 cm³/mol. The molecular formula is C55H85ClCuN20O21S2. The van der Waals surface area contributed by atoms with E-state index in [9.17, 15) is 74.4 Å². The number of thioether (sulfide) groups is 1. The first-order valence-electron chi connectivity index (χ1n) is 30.6. The van der Waals surface area contributed by atoms with Crippen LogP contribution >= 0.6 is 35.5 Å². The van der Waals surface area contributed by atoms with Gasteiger partial charge in [-0.25, -0.2) is 24.7 Å². The smallest absolute Gasteiger partial charge is 0.853 e. The van der Waals surface area contributed by atoms with Crippen LogP contribution in [0.5, 0.6) is 0 Å². The Kier molecular flexibility index (Phi) is 34.0. The number of hydrogen-bond donors (Lipinski definition) is 20. The molecule has 3 aliphatic heterocycles. The van der Waals surface area contributed by atoms with Crippen molar-refractivity contribution in [3.05, 3.63) is 51.4 Å².